The lowest BCUT2D eigenvalue weighted by molar-refractivity contribution is -0.137. The third-order valence-corrected chi connectivity index (χ3v) is 5.30. The quantitative estimate of drug-likeness (QED) is 0.466. The van der Waals surface area contributed by atoms with E-state index in [2.05, 4.69) is 4.98 Å². The van der Waals surface area contributed by atoms with Gasteiger partial charge in [-0.15, -0.1) is 11.3 Å². The van der Waals surface area contributed by atoms with Crippen LogP contribution in [0.1, 0.15) is 28.5 Å². The molecular weight excluding hydrogens is 443 g/mol. The Hall–Kier alpha value is -3.40. The van der Waals surface area contributed by atoms with E-state index in [1.54, 1.807) is 23.6 Å². The summed E-state index contributed by atoms with van der Waals surface area (Å²) in [5, 5.41) is 1.76. The van der Waals surface area contributed by atoms with Crippen molar-refractivity contribution in [1.29, 1.82) is 0 Å². The van der Waals surface area contributed by atoms with Crippen molar-refractivity contribution >= 4 is 39.7 Å². The van der Waals surface area contributed by atoms with Gasteiger partial charge in [-0.2, -0.15) is 13.2 Å². The minimum atomic E-state index is -4.54. The molecule has 6 nitrogen and oxygen atoms in total. The predicted octanol–water partition coefficient (Wildman–Crippen LogP) is 5.27. The van der Waals surface area contributed by atoms with Crippen LogP contribution in [0, 0.1) is 0 Å². The zero-order chi connectivity index (χ0) is 23.5. The van der Waals surface area contributed by atoms with Gasteiger partial charge in [0.2, 0.25) is 5.91 Å². The largest absolute Gasteiger partial charge is 0.456 e. The summed E-state index contributed by atoms with van der Waals surface area (Å²) in [6.45, 7) is 1.09. The number of nitrogens with zero attached hydrogens (tertiary/aromatic N) is 3. The van der Waals surface area contributed by atoms with Gasteiger partial charge in [-0.1, -0.05) is 12.1 Å². The molecule has 10 heteroatoms. The van der Waals surface area contributed by atoms with Crippen LogP contribution in [0.3, 0.4) is 0 Å². The molecule has 3 aromatic rings. The molecule has 0 aliphatic rings. The fraction of sp³-hybridized carbons (Fsp3) is 0.227. The standard InChI is InChI=1S/C22H20F3N3O3S/c1-14(29)28(19-9-5-7-16(11-19)22(23,24)25)21-26-17(13-32-21)12-31-20(30)15-6-4-8-18(10-15)27(2)3/h4-11,13H,12H2,1-3H3. The molecule has 0 atom stereocenters. The van der Waals surface area contributed by atoms with Crippen LogP contribution < -0.4 is 9.80 Å². The Kier molecular flexibility index (Phi) is 6.83. The molecule has 168 valence electrons. The number of ether oxygens (including phenoxy) is 1. The number of anilines is 3. The molecule has 1 heterocycles. The third-order valence-electron chi connectivity index (χ3n) is 4.43. The topological polar surface area (TPSA) is 62.7 Å². The van der Waals surface area contributed by atoms with Gasteiger partial charge >= 0.3 is 12.1 Å². The van der Waals surface area contributed by atoms with E-state index in [4.69, 9.17) is 4.74 Å². The number of carbonyl (C=O) groups is 2. The number of halogens is 3. The maximum absolute atomic E-state index is 13.1. The number of rotatable bonds is 6. The number of hydrogen-bond donors (Lipinski definition) is 0. The Bertz CT molecular complexity index is 1130. The number of thiazole rings is 1. The minimum Gasteiger partial charge on any atom is -0.456 e. The van der Waals surface area contributed by atoms with E-state index >= 15 is 0 Å². The molecule has 0 aliphatic heterocycles. The smallest absolute Gasteiger partial charge is 0.416 e. The summed E-state index contributed by atoms with van der Waals surface area (Å²) in [6.07, 6.45) is -4.54. The lowest BCUT2D eigenvalue weighted by atomic mass is 10.2. The fourth-order valence-electron chi connectivity index (χ4n) is 2.85. The van der Waals surface area contributed by atoms with E-state index in [1.807, 2.05) is 25.1 Å². The summed E-state index contributed by atoms with van der Waals surface area (Å²) in [4.78, 5) is 31.7. The summed E-state index contributed by atoms with van der Waals surface area (Å²) in [6, 6.07) is 11.4. The van der Waals surface area contributed by atoms with E-state index in [0.717, 1.165) is 34.1 Å². The first kappa shape index (κ1) is 23.3. The highest BCUT2D eigenvalue weighted by Gasteiger charge is 2.31. The van der Waals surface area contributed by atoms with Crippen molar-refractivity contribution in [2.75, 3.05) is 23.9 Å². The number of hydrogen-bond acceptors (Lipinski definition) is 6. The maximum atomic E-state index is 13.1. The Labute approximate surface area is 186 Å². The predicted molar refractivity (Wildman–Crippen MR) is 116 cm³/mol. The highest BCUT2D eigenvalue weighted by molar-refractivity contribution is 7.14. The molecule has 0 spiro atoms. The van der Waals surface area contributed by atoms with Gasteiger partial charge in [0.25, 0.3) is 0 Å². The van der Waals surface area contributed by atoms with Gasteiger partial charge in [-0.3, -0.25) is 9.69 Å². The number of carbonyl (C=O) groups excluding carboxylic acids is 2. The van der Waals surface area contributed by atoms with E-state index in [0.29, 0.717) is 11.3 Å². The van der Waals surface area contributed by atoms with Crippen LogP contribution in [-0.4, -0.2) is 31.0 Å². The Morgan fingerprint density at radius 3 is 2.41 bits per heavy atom. The van der Waals surface area contributed by atoms with Crippen LogP contribution in [0.2, 0.25) is 0 Å². The molecule has 32 heavy (non-hydrogen) atoms. The number of amides is 1. The van der Waals surface area contributed by atoms with Crippen LogP contribution in [0.5, 0.6) is 0 Å². The Morgan fingerprint density at radius 2 is 1.75 bits per heavy atom. The number of esters is 1. The second-order valence-corrected chi connectivity index (χ2v) is 7.88. The van der Waals surface area contributed by atoms with Gasteiger partial charge in [0.05, 0.1) is 22.5 Å². The number of aromatic nitrogens is 1. The molecule has 1 amide bonds. The van der Waals surface area contributed by atoms with Crippen molar-refractivity contribution in [2.45, 2.75) is 19.7 Å². The molecule has 3 rings (SSSR count). The molecular formula is C22H20F3N3O3S. The molecule has 0 saturated heterocycles. The summed E-state index contributed by atoms with van der Waals surface area (Å²) in [5.41, 5.74) is 0.771. The van der Waals surface area contributed by atoms with Gasteiger partial charge in [0, 0.05) is 32.1 Å². The second kappa shape index (κ2) is 9.39. The molecule has 0 unspecified atom stereocenters. The van der Waals surface area contributed by atoms with E-state index in [1.165, 1.54) is 19.1 Å². The van der Waals surface area contributed by atoms with E-state index in [9.17, 15) is 22.8 Å². The lowest BCUT2D eigenvalue weighted by Gasteiger charge is -2.19. The van der Waals surface area contributed by atoms with Gasteiger partial charge in [0.1, 0.15) is 6.61 Å². The van der Waals surface area contributed by atoms with Crippen molar-refractivity contribution in [3.63, 3.8) is 0 Å². The normalized spacial score (nSPS) is 11.2. The van der Waals surface area contributed by atoms with E-state index in [-0.39, 0.29) is 17.4 Å². The van der Waals surface area contributed by atoms with Crippen LogP contribution in [0.25, 0.3) is 0 Å². The molecule has 0 aliphatic carbocycles. The molecule has 1 aromatic heterocycles. The summed E-state index contributed by atoms with van der Waals surface area (Å²) >= 11 is 1.06. The molecule has 0 radical (unpaired) electrons. The van der Waals surface area contributed by atoms with Crippen LogP contribution in [-0.2, 0) is 22.3 Å². The lowest BCUT2D eigenvalue weighted by Crippen LogP contribution is -2.23. The van der Waals surface area contributed by atoms with Gasteiger partial charge in [-0.05, 0) is 36.4 Å². The van der Waals surface area contributed by atoms with Gasteiger partial charge < -0.3 is 9.64 Å². The molecule has 0 fully saturated rings. The second-order valence-electron chi connectivity index (χ2n) is 7.04. The monoisotopic (exact) mass is 463 g/mol. The Balaban J connectivity index is 1.76. The molecule has 0 saturated carbocycles. The van der Waals surface area contributed by atoms with Crippen LogP contribution in [0.15, 0.2) is 53.9 Å². The van der Waals surface area contributed by atoms with Crippen molar-refractivity contribution in [1.82, 2.24) is 4.98 Å². The van der Waals surface area contributed by atoms with Crippen LogP contribution >= 0.6 is 11.3 Å². The average Bonchev–Trinajstić information content (AvgIpc) is 3.20. The van der Waals surface area contributed by atoms with Crippen molar-refractivity contribution < 1.29 is 27.5 Å². The average molecular weight is 463 g/mol. The summed E-state index contributed by atoms with van der Waals surface area (Å²) < 4.78 is 44.5. The molecule has 0 bridgehead atoms. The van der Waals surface area contributed by atoms with Crippen molar-refractivity contribution in [2.24, 2.45) is 0 Å². The maximum Gasteiger partial charge on any atom is 0.416 e. The first-order valence-electron chi connectivity index (χ1n) is 9.43. The fourth-order valence-corrected chi connectivity index (χ4v) is 3.72. The van der Waals surface area contributed by atoms with Gasteiger partial charge in [-0.25, -0.2) is 9.78 Å². The summed E-state index contributed by atoms with van der Waals surface area (Å²) in [7, 11) is 3.71. The highest BCUT2D eigenvalue weighted by Crippen LogP contribution is 2.35. The minimum absolute atomic E-state index is 0.0470. The van der Waals surface area contributed by atoms with E-state index < -0.39 is 23.6 Å². The number of benzene rings is 2. The SMILES string of the molecule is CC(=O)N(c1cccc(C(F)(F)F)c1)c1nc(COC(=O)c2cccc(N(C)C)c2)cs1. The third kappa shape index (κ3) is 5.44. The zero-order valence-corrected chi connectivity index (χ0v) is 18.3. The summed E-state index contributed by atoms with van der Waals surface area (Å²) in [5.74, 6) is -1.03. The first-order chi connectivity index (χ1) is 15.1. The first-order valence-corrected chi connectivity index (χ1v) is 10.3. The number of alkyl halides is 3. The molecule has 2 aromatic carbocycles. The Morgan fingerprint density at radius 1 is 1.06 bits per heavy atom. The van der Waals surface area contributed by atoms with Gasteiger partial charge in [0.15, 0.2) is 5.13 Å². The molecule has 0 N–H and O–H groups in total. The van der Waals surface area contributed by atoms with Crippen LogP contribution in [0.4, 0.5) is 29.7 Å². The zero-order valence-electron chi connectivity index (χ0n) is 17.5. The van der Waals surface area contributed by atoms with Crippen molar-refractivity contribution in [3.8, 4) is 0 Å². The highest BCUT2D eigenvalue weighted by atomic mass is 32.1. The van der Waals surface area contributed by atoms with Crippen molar-refractivity contribution in [3.05, 3.63) is 70.7 Å².